The van der Waals surface area contributed by atoms with Crippen LogP contribution in [0.4, 0.5) is 0 Å². The van der Waals surface area contributed by atoms with Crippen LogP contribution in [0.1, 0.15) is 32.3 Å². The highest BCUT2D eigenvalue weighted by molar-refractivity contribution is 5.22. The van der Waals surface area contributed by atoms with Crippen LogP contribution in [0.3, 0.4) is 0 Å². The molecule has 0 saturated carbocycles. The fourth-order valence-electron chi connectivity index (χ4n) is 2.44. The molecule has 17 heavy (non-hydrogen) atoms. The van der Waals surface area contributed by atoms with E-state index >= 15 is 0 Å². The van der Waals surface area contributed by atoms with E-state index in [0.29, 0.717) is 0 Å². The van der Waals surface area contributed by atoms with Crippen LogP contribution in [0.25, 0.3) is 0 Å². The lowest BCUT2D eigenvalue weighted by Gasteiger charge is -2.31. The Bertz CT molecular complexity index is 326. The second kappa shape index (κ2) is 5.65. The van der Waals surface area contributed by atoms with E-state index in [1.165, 1.54) is 31.5 Å². The average molecular weight is 232 g/mol. The van der Waals surface area contributed by atoms with Gasteiger partial charge in [-0.3, -0.25) is 0 Å². The van der Waals surface area contributed by atoms with E-state index in [1.54, 1.807) is 0 Å². The lowest BCUT2D eigenvalue weighted by Crippen LogP contribution is -2.42. The van der Waals surface area contributed by atoms with E-state index < -0.39 is 0 Å². The van der Waals surface area contributed by atoms with Crippen LogP contribution in [0.15, 0.2) is 30.3 Å². The summed E-state index contributed by atoms with van der Waals surface area (Å²) in [5.74, 6) is 0.833. The van der Waals surface area contributed by atoms with Gasteiger partial charge < -0.3 is 10.6 Å². The predicted molar refractivity (Wildman–Crippen MR) is 73.1 cm³/mol. The Morgan fingerprint density at radius 1 is 1.18 bits per heavy atom. The highest BCUT2D eigenvalue weighted by Crippen LogP contribution is 2.20. The number of benzene rings is 1. The monoisotopic (exact) mass is 232 g/mol. The zero-order valence-electron chi connectivity index (χ0n) is 11.0. The van der Waals surface area contributed by atoms with Gasteiger partial charge in [-0.1, -0.05) is 30.3 Å². The van der Waals surface area contributed by atoms with Gasteiger partial charge in [0, 0.05) is 5.54 Å². The molecule has 0 spiro atoms. The molecule has 0 aromatic heterocycles. The first-order valence-corrected chi connectivity index (χ1v) is 6.70. The molecule has 0 amide bonds. The molecule has 0 aliphatic carbocycles. The van der Waals surface area contributed by atoms with Crippen molar-refractivity contribution in [3.8, 4) is 0 Å². The van der Waals surface area contributed by atoms with Gasteiger partial charge in [0.1, 0.15) is 0 Å². The zero-order chi connectivity index (χ0) is 12.1. The first-order chi connectivity index (χ1) is 8.18. The molecule has 0 radical (unpaired) electrons. The van der Waals surface area contributed by atoms with E-state index in [-0.39, 0.29) is 5.54 Å². The van der Waals surface area contributed by atoms with Gasteiger partial charge in [0.25, 0.3) is 0 Å². The van der Waals surface area contributed by atoms with Crippen molar-refractivity contribution in [2.75, 3.05) is 19.6 Å². The predicted octanol–water partition coefficient (Wildman–Crippen LogP) is 2.51. The van der Waals surface area contributed by atoms with Crippen LogP contribution in [0.2, 0.25) is 0 Å². The molecule has 94 valence electrons. The van der Waals surface area contributed by atoms with E-state index in [9.17, 15) is 0 Å². The number of hydrogen-bond donors (Lipinski definition) is 2. The third kappa shape index (κ3) is 3.55. The van der Waals surface area contributed by atoms with Crippen LogP contribution in [0, 0.1) is 5.92 Å². The summed E-state index contributed by atoms with van der Waals surface area (Å²) in [5.41, 5.74) is 1.44. The number of rotatable bonds is 4. The summed E-state index contributed by atoms with van der Waals surface area (Å²) in [6.07, 6.45) is 2.61. The minimum absolute atomic E-state index is 0.0755. The summed E-state index contributed by atoms with van der Waals surface area (Å²) in [6.45, 7) is 8.02. The Balaban J connectivity index is 1.88. The minimum Gasteiger partial charge on any atom is -0.317 e. The Morgan fingerprint density at radius 2 is 1.82 bits per heavy atom. The average Bonchev–Trinajstić information content (AvgIpc) is 2.39. The highest BCUT2D eigenvalue weighted by atomic mass is 15.0. The van der Waals surface area contributed by atoms with E-state index in [0.717, 1.165) is 12.5 Å². The summed E-state index contributed by atoms with van der Waals surface area (Å²) >= 11 is 0. The summed E-state index contributed by atoms with van der Waals surface area (Å²) in [7, 11) is 0. The molecule has 1 saturated heterocycles. The Morgan fingerprint density at radius 3 is 2.47 bits per heavy atom. The standard InChI is InChI=1S/C15H24N2/c1-15(2,14-6-4-3-5-7-14)17-12-13-8-10-16-11-9-13/h3-7,13,16-17H,8-12H2,1-2H3. The fraction of sp³-hybridized carbons (Fsp3) is 0.600. The van der Waals surface area contributed by atoms with Gasteiger partial charge in [-0.15, -0.1) is 0 Å². The Kier molecular flexibility index (Phi) is 4.19. The van der Waals surface area contributed by atoms with Crippen LogP contribution in [-0.2, 0) is 5.54 Å². The fourth-order valence-corrected chi connectivity index (χ4v) is 2.44. The SMILES string of the molecule is CC(C)(NCC1CCNCC1)c1ccccc1. The maximum Gasteiger partial charge on any atom is 0.0377 e. The van der Waals surface area contributed by atoms with Gasteiger partial charge in [0.15, 0.2) is 0 Å². The smallest absolute Gasteiger partial charge is 0.0377 e. The van der Waals surface area contributed by atoms with Crippen LogP contribution < -0.4 is 10.6 Å². The molecule has 2 nitrogen and oxygen atoms in total. The maximum absolute atomic E-state index is 3.72. The van der Waals surface area contributed by atoms with Gasteiger partial charge in [-0.25, -0.2) is 0 Å². The number of piperidine rings is 1. The second-order valence-corrected chi connectivity index (χ2v) is 5.57. The van der Waals surface area contributed by atoms with E-state index in [4.69, 9.17) is 0 Å². The normalized spacial score (nSPS) is 18.2. The highest BCUT2D eigenvalue weighted by Gasteiger charge is 2.21. The van der Waals surface area contributed by atoms with Crippen molar-refractivity contribution in [2.45, 2.75) is 32.2 Å². The molecule has 1 aromatic rings. The first kappa shape index (κ1) is 12.6. The third-order valence-corrected chi connectivity index (χ3v) is 3.79. The zero-order valence-corrected chi connectivity index (χ0v) is 11.0. The summed E-state index contributed by atoms with van der Waals surface area (Å²) in [5, 5.41) is 7.13. The molecule has 0 unspecified atom stereocenters. The van der Waals surface area contributed by atoms with Crippen molar-refractivity contribution in [3.05, 3.63) is 35.9 Å². The van der Waals surface area contributed by atoms with Gasteiger partial charge >= 0.3 is 0 Å². The van der Waals surface area contributed by atoms with Gasteiger partial charge in [0.05, 0.1) is 0 Å². The molecule has 1 fully saturated rings. The minimum atomic E-state index is 0.0755. The molecule has 2 rings (SSSR count). The van der Waals surface area contributed by atoms with Crippen LogP contribution in [0.5, 0.6) is 0 Å². The number of nitrogens with one attached hydrogen (secondary N) is 2. The molecule has 2 heteroatoms. The molecule has 1 aliphatic rings. The van der Waals surface area contributed by atoms with Crippen molar-refractivity contribution in [1.82, 2.24) is 10.6 Å². The van der Waals surface area contributed by atoms with Crippen molar-refractivity contribution in [2.24, 2.45) is 5.92 Å². The molecule has 1 aromatic carbocycles. The van der Waals surface area contributed by atoms with Crippen LogP contribution >= 0.6 is 0 Å². The summed E-state index contributed by atoms with van der Waals surface area (Å²) in [4.78, 5) is 0. The Labute approximate surface area is 105 Å². The molecule has 1 heterocycles. The summed E-state index contributed by atoms with van der Waals surface area (Å²) < 4.78 is 0. The van der Waals surface area contributed by atoms with Gasteiger partial charge in [-0.2, -0.15) is 0 Å². The third-order valence-electron chi connectivity index (χ3n) is 3.79. The molecular formula is C15H24N2. The summed E-state index contributed by atoms with van der Waals surface area (Å²) in [6, 6.07) is 10.7. The Hall–Kier alpha value is -0.860. The quantitative estimate of drug-likeness (QED) is 0.833. The molecule has 2 N–H and O–H groups in total. The van der Waals surface area contributed by atoms with Gasteiger partial charge in [-0.05, 0) is 57.8 Å². The van der Waals surface area contributed by atoms with Crippen molar-refractivity contribution >= 4 is 0 Å². The first-order valence-electron chi connectivity index (χ1n) is 6.70. The lowest BCUT2D eigenvalue weighted by atomic mass is 9.92. The molecule has 0 atom stereocenters. The van der Waals surface area contributed by atoms with E-state index in [1.807, 2.05) is 0 Å². The van der Waals surface area contributed by atoms with Gasteiger partial charge in [0.2, 0.25) is 0 Å². The number of hydrogen-bond acceptors (Lipinski definition) is 2. The lowest BCUT2D eigenvalue weighted by molar-refractivity contribution is 0.305. The van der Waals surface area contributed by atoms with E-state index in [2.05, 4.69) is 54.8 Å². The topological polar surface area (TPSA) is 24.1 Å². The van der Waals surface area contributed by atoms with Crippen molar-refractivity contribution in [3.63, 3.8) is 0 Å². The molecule has 0 bridgehead atoms. The van der Waals surface area contributed by atoms with Crippen molar-refractivity contribution in [1.29, 1.82) is 0 Å². The molecular weight excluding hydrogens is 208 g/mol. The second-order valence-electron chi connectivity index (χ2n) is 5.57. The van der Waals surface area contributed by atoms with Crippen LogP contribution in [-0.4, -0.2) is 19.6 Å². The largest absolute Gasteiger partial charge is 0.317 e. The van der Waals surface area contributed by atoms with Crippen molar-refractivity contribution < 1.29 is 0 Å². The maximum atomic E-state index is 3.72. The molecule has 1 aliphatic heterocycles.